The predicted molar refractivity (Wildman–Crippen MR) is 67.6 cm³/mol. The van der Waals surface area contributed by atoms with Gasteiger partial charge in [0.2, 0.25) is 0 Å². The number of benzene rings is 1. The van der Waals surface area contributed by atoms with Crippen LogP contribution in [0.4, 0.5) is 0 Å². The van der Waals surface area contributed by atoms with Crippen LogP contribution in [-0.2, 0) is 4.57 Å². The molecule has 3 nitrogen and oxygen atoms in total. The van der Waals surface area contributed by atoms with Crippen molar-refractivity contribution in [3.63, 3.8) is 0 Å². The van der Waals surface area contributed by atoms with E-state index in [0.717, 1.165) is 5.75 Å². The Morgan fingerprint density at radius 3 is 2.20 bits per heavy atom. The topological polar surface area (TPSA) is 38.7 Å². The molecule has 1 aromatic rings. The maximum absolute atomic E-state index is 11.4. The van der Waals surface area contributed by atoms with Crippen LogP contribution in [0.3, 0.4) is 0 Å². The van der Waals surface area contributed by atoms with Crippen molar-refractivity contribution in [3.8, 4) is 5.75 Å². The average molecular weight is 266 g/mol. The van der Waals surface area contributed by atoms with E-state index in [1.165, 1.54) is 6.66 Å². The molecule has 0 aromatic heterocycles. The van der Waals surface area contributed by atoms with Gasteiger partial charge in [-0.15, -0.1) is 0 Å². The largest absolute Gasteiger partial charge is 0.460 e. The summed E-state index contributed by atoms with van der Waals surface area (Å²) in [5, 5.41) is 0. The van der Waals surface area contributed by atoms with Crippen LogP contribution in [0.5, 0.6) is 5.75 Å². The third-order valence-corrected chi connectivity index (χ3v) is 5.71. The lowest BCUT2D eigenvalue weighted by Gasteiger charge is -2.17. The van der Waals surface area contributed by atoms with Gasteiger partial charge in [0.25, 0.3) is 6.65 Å². The van der Waals surface area contributed by atoms with Gasteiger partial charge in [0.05, 0.1) is 0 Å². The Labute approximate surface area is 95.2 Å². The number of rotatable bonds is 3. The van der Waals surface area contributed by atoms with Crippen LogP contribution in [-0.4, -0.2) is 20.0 Å². The Hall–Kier alpha value is -0.230. The maximum Gasteiger partial charge on any atom is 0.274 e. The van der Waals surface area contributed by atoms with E-state index in [0.29, 0.717) is 0 Å². The molecular weight excluding hydrogens is 252 g/mol. The molecule has 0 aliphatic carbocycles. The first-order valence-corrected chi connectivity index (χ1v) is 9.96. The molecule has 0 amide bonds. The number of hydrogen-bond donors (Lipinski definition) is 0. The quantitative estimate of drug-likeness (QED) is 0.755. The summed E-state index contributed by atoms with van der Waals surface area (Å²) < 4.78 is 21.1. The molecule has 1 rings (SSSR count). The number of para-hydroxylation sites is 1. The Morgan fingerprint density at radius 2 is 1.73 bits per heavy atom. The van der Waals surface area contributed by atoms with E-state index in [9.17, 15) is 4.57 Å². The molecule has 0 saturated carbocycles. The van der Waals surface area contributed by atoms with Crippen LogP contribution >= 0.6 is 25.2 Å². The molecule has 0 bridgehead atoms. The maximum atomic E-state index is 11.4. The van der Waals surface area contributed by atoms with E-state index in [2.05, 4.69) is 4.52 Å². The molecule has 0 spiro atoms. The lowest BCUT2D eigenvalue weighted by atomic mass is 10.3. The highest BCUT2D eigenvalue weighted by Gasteiger charge is 2.15. The standard InChI is InChI=1S/C9H14ClNO2P2/c1-14(2,11-15(3,10)12)13-9-7-5-4-6-8-9/h4-8H,1-3H3. The molecule has 0 fully saturated rings. The van der Waals surface area contributed by atoms with Gasteiger partial charge in [0.15, 0.2) is 0 Å². The number of hydrogen-bond acceptors (Lipinski definition) is 2. The summed E-state index contributed by atoms with van der Waals surface area (Å²) in [7, 11) is -2.06. The Bertz CT molecular complexity index is 421. The summed E-state index contributed by atoms with van der Waals surface area (Å²) in [5.41, 5.74) is 0. The second-order valence-electron chi connectivity index (χ2n) is 3.57. The smallest absolute Gasteiger partial charge is 0.274 e. The molecule has 0 aliphatic heterocycles. The molecule has 15 heavy (non-hydrogen) atoms. The summed E-state index contributed by atoms with van der Waals surface area (Å²) in [5.74, 6) is 0.727. The molecule has 0 radical (unpaired) electrons. The van der Waals surface area contributed by atoms with Crippen molar-refractivity contribution >= 4 is 25.2 Å². The summed E-state index contributed by atoms with van der Waals surface area (Å²) >= 11 is 5.62. The lowest BCUT2D eigenvalue weighted by Crippen LogP contribution is -1.88. The highest BCUT2D eigenvalue weighted by atomic mass is 35.7. The van der Waals surface area contributed by atoms with E-state index in [1.807, 2.05) is 43.7 Å². The lowest BCUT2D eigenvalue weighted by molar-refractivity contribution is 0.586. The molecule has 1 aromatic carbocycles. The number of halogens is 1. The molecule has 1 atom stereocenters. The normalized spacial score (nSPS) is 15.5. The van der Waals surface area contributed by atoms with Crippen molar-refractivity contribution in [2.75, 3.05) is 20.0 Å². The zero-order chi connectivity index (χ0) is 11.5. The third kappa shape index (κ3) is 5.41. The fourth-order valence-corrected chi connectivity index (χ4v) is 6.47. The summed E-state index contributed by atoms with van der Waals surface area (Å²) in [6.45, 7) is 2.18. The second kappa shape index (κ2) is 4.74. The Kier molecular flexibility index (Phi) is 4.06. The summed E-state index contributed by atoms with van der Waals surface area (Å²) in [6.07, 6.45) is 0. The van der Waals surface area contributed by atoms with Gasteiger partial charge in [-0.2, -0.15) is 4.52 Å². The molecule has 84 valence electrons. The van der Waals surface area contributed by atoms with Gasteiger partial charge >= 0.3 is 0 Å². The molecule has 1 unspecified atom stereocenters. The van der Waals surface area contributed by atoms with E-state index >= 15 is 0 Å². The van der Waals surface area contributed by atoms with E-state index in [1.54, 1.807) is 0 Å². The van der Waals surface area contributed by atoms with Crippen molar-refractivity contribution < 1.29 is 9.09 Å². The molecular formula is C9H14ClNO2P2. The minimum absolute atomic E-state index is 0.727. The first-order chi connectivity index (χ1) is 6.79. The zero-order valence-corrected chi connectivity index (χ0v) is 11.5. The monoisotopic (exact) mass is 265 g/mol. The zero-order valence-electron chi connectivity index (χ0n) is 8.92. The van der Waals surface area contributed by atoms with Crippen molar-refractivity contribution in [2.24, 2.45) is 4.52 Å². The molecule has 0 saturated heterocycles. The Balaban J connectivity index is 2.91. The fraction of sp³-hybridized carbons (Fsp3) is 0.333. The van der Waals surface area contributed by atoms with Gasteiger partial charge in [-0.3, -0.25) is 4.57 Å². The third-order valence-electron chi connectivity index (χ3n) is 1.45. The van der Waals surface area contributed by atoms with Gasteiger partial charge < -0.3 is 4.52 Å². The first-order valence-electron chi connectivity index (χ1n) is 4.39. The average Bonchev–Trinajstić information content (AvgIpc) is 1.99. The van der Waals surface area contributed by atoms with Crippen LogP contribution in [0.2, 0.25) is 0 Å². The second-order valence-corrected chi connectivity index (χ2v) is 10.5. The highest BCUT2D eigenvalue weighted by Crippen LogP contribution is 2.59. The van der Waals surface area contributed by atoms with Crippen molar-refractivity contribution in [3.05, 3.63) is 30.3 Å². The first kappa shape index (κ1) is 12.8. The predicted octanol–water partition coefficient (Wildman–Crippen LogP) is 4.50. The van der Waals surface area contributed by atoms with Crippen LogP contribution in [0.15, 0.2) is 34.8 Å². The van der Waals surface area contributed by atoms with Gasteiger partial charge in [0, 0.05) is 20.0 Å². The van der Waals surface area contributed by atoms with Gasteiger partial charge in [-0.25, -0.2) is 0 Å². The summed E-state index contributed by atoms with van der Waals surface area (Å²) in [4.78, 5) is 0. The Morgan fingerprint density at radius 1 is 1.20 bits per heavy atom. The van der Waals surface area contributed by atoms with Gasteiger partial charge in [-0.1, -0.05) is 18.2 Å². The fourth-order valence-electron chi connectivity index (χ4n) is 1.14. The van der Waals surface area contributed by atoms with Crippen LogP contribution in [0.25, 0.3) is 0 Å². The van der Waals surface area contributed by atoms with Crippen LogP contribution in [0.1, 0.15) is 0 Å². The van der Waals surface area contributed by atoms with Gasteiger partial charge in [-0.05, 0) is 23.4 Å². The van der Waals surface area contributed by atoms with Crippen molar-refractivity contribution in [2.45, 2.75) is 0 Å². The van der Waals surface area contributed by atoms with Crippen LogP contribution in [0, 0.1) is 0 Å². The van der Waals surface area contributed by atoms with Crippen molar-refractivity contribution in [1.29, 1.82) is 0 Å². The van der Waals surface area contributed by atoms with E-state index < -0.39 is 13.9 Å². The highest BCUT2D eigenvalue weighted by molar-refractivity contribution is 7.90. The molecule has 0 heterocycles. The van der Waals surface area contributed by atoms with Crippen LogP contribution < -0.4 is 4.52 Å². The minimum Gasteiger partial charge on any atom is -0.460 e. The van der Waals surface area contributed by atoms with E-state index in [4.69, 9.17) is 15.8 Å². The number of nitrogens with zero attached hydrogens (tertiary/aromatic N) is 1. The molecule has 0 N–H and O–H groups in total. The minimum atomic E-state index is -2.90. The SMILES string of the molecule is CP(=O)(Cl)N=P(C)(C)Oc1ccccc1. The van der Waals surface area contributed by atoms with Crippen molar-refractivity contribution in [1.82, 2.24) is 0 Å². The van der Waals surface area contributed by atoms with Gasteiger partial charge in [0.1, 0.15) is 13.0 Å². The summed E-state index contributed by atoms with van der Waals surface area (Å²) in [6, 6.07) is 9.34. The molecule has 6 heteroatoms. The van der Waals surface area contributed by atoms with E-state index in [-0.39, 0.29) is 0 Å². The molecule has 0 aliphatic rings.